The van der Waals surface area contributed by atoms with Crippen molar-refractivity contribution in [2.75, 3.05) is 6.61 Å². The molecule has 1 N–H and O–H groups in total. The minimum Gasteiger partial charge on any atom is -0.449 e. The number of nitrogens with one attached hydrogen (secondary N) is 1. The molecule has 0 unspecified atom stereocenters. The molecular formula is C6H9NO2. The molecule has 0 rings (SSSR count). The van der Waals surface area contributed by atoms with Crippen LogP contribution in [0.3, 0.4) is 0 Å². The van der Waals surface area contributed by atoms with Crippen LogP contribution in [0.25, 0.3) is 0 Å². The van der Waals surface area contributed by atoms with Gasteiger partial charge < -0.3 is 4.74 Å². The predicted octanol–water partition coefficient (Wildman–Crippen LogP) is 0.713. The van der Waals surface area contributed by atoms with Gasteiger partial charge >= 0.3 is 6.09 Å². The van der Waals surface area contributed by atoms with Gasteiger partial charge in [0.2, 0.25) is 0 Å². The lowest BCUT2D eigenvalue weighted by Crippen LogP contribution is -2.18. The van der Waals surface area contributed by atoms with Crippen molar-refractivity contribution in [3.8, 4) is 12.5 Å². The van der Waals surface area contributed by atoms with Crippen molar-refractivity contribution in [3.05, 3.63) is 0 Å². The molecule has 0 atom stereocenters. The summed E-state index contributed by atoms with van der Waals surface area (Å²) in [7, 11) is 0. The van der Waals surface area contributed by atoms with Gasteiger partial charge in [0.1, 0.15) is 0 Å². The highest BCUT2D eigenvalue weighted by atomic mass is 16.5. The van der Waals surface area contributed by atoms with Gasteiger partial charge in [-0.05, 0) is 6.42 Å². The highest BCUT2D eigenvalue weighted by Gasteiger charge is 1.94. The quantitative estimate of drug-likeness (QED) is 0.438. The van der Waals surface area contributed by atoms with E-state index in [1.165, 1.54) is 0 Å². The van der Waals surface area contributed by atoms with Crippen molar-refractivity contribution >= 4 is 6.09 Å². The Morgan fingerprint density at radius 3 is 3.00 bits per heavy atom. The number of hydrogen-bond acceptors (Lipinski definition) is 2. The Bertz CT molecular complexity index is 126. The molecule has 9 heavy (non-hydrogen) atoms. The monoisotopic (exact) mass is 127 g/mol. The fourth-order valence-corrected chi connectivity index (χ4v) is 0.290. The number of rotatable bonds is 2. The second-order valence-corrected chi connectivity index (χ2v) is 1.41. The Kier molecular flexibility index (Phi) is 4.33. The second-order valence-electron chi connectivity index (χ2n) is 1.41. The minimum atomic E-state index is -0.556. The zero-order chi connectivity index (χ0) is 7.11. The first-order chi connectivity index (χ1) is 4.31. The lowest BCUT2D eigenvalue weighted by atomic mass is 10.5. The molecule has 0 aromatic heterocycles. The van der Waals surface area contributed by atoms with Gasteiger partial charge in [0, 0.05) is 6.04 Å². The first-order valence-electron chi connectivity index (χ1n) is 2.69. The largest absolute Gasteiger partial charge is 0.449 e. The molecule has 50 valence electrons. The van der Waals surface area contributed by atoms with E-state index in [0.29, 0.717) is 6.61 Å². The van der Waals surface area contributed by atoms with Gasteiger partial charge in [-0.15, -0.1) is 0 Å². The van der Waals surface area contributed by atoms with E-state index in [4.69, 9.17) is 6.42 Å². The van der Waals surface area contributed by atoms with Gasteiger partial charge in [0.25, 0.3) is 0 Å². The summed E-state index contributed by atoms with van der Waals surface area (Å²) in [6.07, 6.45) is 4.99. The zero-order valence-electron chi connectivity index (χ0n) is 5.31. The Labute approximate surface area is 54.4 Å². The Morgan fingerprint density at radius 1 is 1.89 bits per heavy atom. The summed E-state index contributed by atoms with van der Waals surface area (Å²) in [6, 6.07) is 1.95. The van der Waals surface area contributed by atoms with Crippen LogP contribution in [0.5, 0.6) is 0 Å². The van der Waals surface area contributed by atoms with Crippen LogP contribution in [0.15, 0.2) is 0 Å². The SMILES string of the molecule is C#CNC(=O)OCCC. The van der Waals surface area contributed by atoms with Gasteiger partial charge in [-0.3, -0.25) is 0 Å². The maximum Gasteiger partial charge on any atom is 0.418 e. The van der Waals surface area contributed by atoms with Crippen molar-refractivity contribution in [1.29, 1.82) is 0 Å². The number of carbonyl (C=O) groups excluding carboxylic acids is 1. The third-order valence-electron chi connectivity index (χ3n) is 0.612. The third-order valence-corrected chi connectivity index (χ3v) is 0.612. The molecule has 3 nitrogen and oxygen atoms in total. The number of terminal acetylenes is 1. The van der Waals surface area contributed by atoms with Crippen LogP contribution >= 0.6 is 0 Å². The van der Waals surface area contributed by atoms with E-state index in [1.54, 1.807) is 0 Å². The van der Waals surface area contributed by atoms with Gasteiger partial charge in [-0.2, -0.15) is 0 Å². The van der Waals surface area contributed by atoms with E-state index < -0.39 is 6.09 Å². The number of ether oxygens (including phenoxy) is 1. The summed E-state index contributed by atoms with van der Waals surface area (Å²) in [5.41, 5.74) is 0. The van der Waals surface area contributed by atoms with Crippen LogP contribution in [-0.2, 0) is 4.74 Å². The lowest BCUT2D eigenvalue weighted by Gasteiger charge is -1.97. The van der Waals surface area contributed by atoms with Crippen molar-refractivity contribution < 1.29 is 9.53 Å². The summed E-state index contributed by atoms with van der Waals surface area (Å²) in [4.78, 5) is 10.3. The molecule has 0 saturated heterocycles. The van der Waals surface area contributed by atoms with E-state index in [1.807, 2.05) is 18.3 Å². The maximum absolute atomic E-state index is 10.3. The van der Waals surface area contributed by atoms with Crippen LogP contribution in [0.1, 0.15) is 13.3 Å². The number of carbonyl (C=O) groups is 1. The highest BCUT2D eigenvalue weighted by Crippen LogP contribution is 1.79. The molecule has 3 heteroatoms. The number of amides is 1. The first-order valence-corrected chi connectivity index (χ1v) is 2.69. The van der Waals surface area contributed by atoms with E-state index in [2.05, 4.69) is 4.74 Å². The smallest absolute Gasteiger partial charge is 0.418 e. The summed E-state index contributed by atoms with van der Waals surface area (Å²) in [5, 5.41) is 2.05. The fourth-order valence-electron chi connectivity index (χ4n) is 0.290. The highest BCUT2D eigenvalue weighted by molar-refractivity contribution is 5.69. The summed E-state index contributed by atoms with van der Waals surface area (Å²) < 4.78 is 4.54. The fraction of sp³-hybridized carbons (Fsp3) is 0.500. The minimum absolute atomic E-state index is 0.410. The summed E-state index contributed by atoms with van der Waals surface area (Å²) in [5.74, 6) is 0. The Balaban J connectivity index is 3.19. The Morgan fingerprint density at radius 2 is 2.56 bits per heavy atom. The molecule has 0 spiro atoms. The van der Waals surface area contributed by atoms with Crippen LogP contribution in [0.4, 0.5) is 4.79 Å². The third kappa shape index (κ3) is 4.69. The lowest BCUT2D eigenvalue weighted by molar-refractivity contribution is 0.151. The van der Waals surface area contributed by atoms with Crippen LogP contribution < -0.4 is 5.32 Å². The van der Waals surface area contributed by atoms with Crippen molar-refractivity contribution in [2.45, 2.75) is 13.3 Å². The molecule has 0 bridgehead atoms. The molecule has 0 radical (unpaired) electrons. The van der Waals surface area contributed by atoms with E-state index >= 15 is 0 Å². The second kappa shape index (κ2) is 4.98. The standard InChI is InChI=1S/C6H9NO2/c1-3-5-9-6(8)7-4-2/h2H,3,5H2,1H3,(H,7,8). The predicted molar refractivity (Wildman–Crippen MR) is 33.6 cm³/mol. The molecule has 0 heterocycles. The zero-order valence-corrected chi connectivity index (χ0v) is 5.31. The molecule has 0 aromatic carbocycles. The number of hydrogen-bond donors (Lipinski definition) is 1. The van der Waals surface area contributed by atoms with Gasteiger partial charge in [0.15, 0.2) is 0 Å². The molecule has 0 aliphatic heterocycles. The van der Waals surface area contributed by atoms with E-state index in [9.17, 15) is 4.79 Å². The maximum atomic E-state index is 10.3. The molecule has 0 saturated carbocycles. The van der Waals surface area contributed by atoms with E-state index in [-0.39, 0.29) is 0 Å². The average molecular weight is 127 g/mol. The molecule has 0 aliphatic carbocycles. The molecule has 0 fully saturated rings. The van der Waals surface area contributed by atoms with Crippen molar-refractivity contribution in [1.82, 2.24) is 5.32 Å². The molecule has 0 aliphatic rings. The molecular weight excluding hydrogens is 118 g/mol. The normalized spacial score (nSPS) is 7.56. The van der Waals surface area contributed by atoms with Crippen molar-refractivity contribution in [2.24, 2.45) is 0 Å². The van der Waals surface area contributed by atoms with Gasteiger partial charge in [-0.1, -0.05) is 13.3 Å². The Hall–Kier alpha value is -1.17. The molecule has 0 aromatic rings. The van der Waals surface area contributed by atoms with Crippen LogP contribution in [-0.4, -0.2) is 12.7 Å². The van der Waals surface area contributed by atoms with Crippen LogP contribution in [0.2, 0.25) is 0 Å². The van der Waals surface area contributed by atoms with Gasteiger partial charge in [-0.25, -0.2) is 10.1 Å². The van der Waals surface area contributed by atoms with Crippen molar-refractivity contribution in [3.63, 3.8) is 0 Å². The summed E-state index contributed by atoms with van der Waals surface area (Å²) in [6.45, 7) is 2.32. The number of alkyl carbamates (subject to hydrolysis) is 1. The average Bonchev–Trinajstić information content (AvgIpc) is 1.85. The topological polar surface area (TPSA) is 38.3 Å². The van der Waals surface area contributed by atoms with E-state index in [0.717, 1.165) is 6.42 Å². The van der Waals surface area contributed by atoms with Gasteiger partial charge in [0.05, 0.1) is 6.61 Å². The molecule has 1 amide bonds. The first kappa shape index (κ1) is 7.83. The van der Waals surface area contributed by atoms with Crippen LogP contribution in [0, 0.1) is 12.5 Å². The summed E-state index contributed by atoms with van der Waals surface area (Å²) >= 11 is 0.